The van der Waals surface area contributed by atoms with Gasteiger partial charge in [-0.2, -0.15) is 0 Å². The van der Waals surface area contributed by atoms with Gasteiger partial charge in [0.2, 0.25) is 0 Å². The van der Waals surface area contributed by atoms with Crippen LogP contribution in [0.2, 0.25) is 0 Å². The Hall–Kier alpha value is -0.500. The molecular weight excluding hydrogens is 104 g/mol. The van der Waals surface area contributed by atoms with E-state index >= 15 is 0 Å². The molecule has 2 bridgehead atoms. The van der Waals surface area contributed by atoms with Gasteiger partial charge in [-0.05, 0) is 6.08 Å². The fourth-order valence-corrected chi connectivity index (χ4v) is 1.10. The van der Waals surface area contributed by atoms with Crippen LogP contribution in [0.15, 0.2) is 12.3 Å². The molecule has 2 rings (SSSR count). The molecular formula is C6H8O2. The number of ether oxygens (including phenoxy) is 2. The predicted molar refractivity (Wildman–Crippen MR) is 28.4 cm³/mol. The first-order chi connectivity index (χ1) is 3.95. The van der Waals surface area contributed by atoms with Crippen LogP contribution >= 0.6 is 0 Å². The summed E-state index contributed by atoms with van der Waals surface area (Å²) in [5.41, 5.74) is 0. The average molecular weight is 112 g/mol. The number of fused-ring (bicyclic) bond motifs is 2. The minimum absolute atomic E-state index is 0.352. The first-order valence-corrected chi connectivity index (χ1v) is 2.89. The molecule has 8 heavy (non-hydrogen) atoms. The van der Waals surface area contributed by atoms with Crippen LogP contribution in [0.1, 0.15) is 6.42 Å². The second-order valence-corrected chi connectivity index (χ2v) is 2.19. The van der Waals surface area contributed by atoms with E-state index in [-0.39, 0.29) is 0 Å². The van der Waals surface area contributed by atoms with E-state index in [4.69, 9.17) is 9.47 Å². The lowest BCUT2D eigenvalue weighted by Crippen LogP contribution is -2.11. The summed E-state index contributed by atoms with van der Waals surface area (Å²) < 4.78 is 10.4. The van der Waals surface area contributed by atoms with Crippen LogP contribution in [0, 0.1) is 0 Å². The van der Waals surface area contributed by atoms with Gasteiger partial charge in [-0.3, -0.25) is 0 Å². The first kappa shape index (κ1) is 4.39. The second-order valence-electron chi connectivity index (χ2n) is 2.19. The van der Waals surface area contributed by atoms with Crippen LogP contribution in [0.4, 0.5) is 0 Å². The summed E-state index contributed by atoms with van der Waals surface area (Å²) in [4.78, 5) is 0. The molecule has 0 spiro atoms. The maximum Gasteiger partial charge on any atom is 0.124 e. The molecule has 0 saturated carbocycles. The molecule has 0 amide bonds. The lowest BCUT2D eigenvalue weighted by Gasteiger charge is -2.10. The fraction of sp³-hybridized carbons (Fsp3) is 0.667. The van der Waals surface area contributed by atoms with Gasteiger partial charge in [-0.1, -0.05) is 0 Å². The SMILES string of the molecule is C1=CC2CC(CO2)O1. The van der Waals surface area contributed by atoms with Gasteiger partial charge in [-0.25, -0.2) is 0 Å². The van der Waals surface area contributed by atoms with Crippen molar-refractivity contribution in [3.63, 3.8) is 0 Å². The highest BCUT2D eigenvalue weighted by Gasteiger charge is 2.26. The molecule has 2 aliphatic heterocycles. The van der Waals surface area contributed by atoms with Crippen LogP contribution in [0.3, 0.4) is 0 Å². The van der Waals surface area contributed by atoms with E-state index in [1.165, 1.54) is 0 Å². The molecule has 2 nitrogen and oxygen atoms in total. The molecule has 2 aliphatic rings. The highest BCUT2D eigenvalue weighted by Crippen LogP contribution is 2.21. The largest absolute Gasteiger partial charge is 0.496 e. The maximum atomic E-state index is 5.27. The van der Waals surface area contributed by atoms with Gasteiger partial charge in [0.25, 0.3) is 0 Å². The van der Waals surface area contributed by atoms with Crippen molar-refractivity contribution >= 4 is 0 Å². The lowest BCUT2D eigenvalue weighted by molar-refractivity contribution is 0.113. The van der Waals surface area contributed by atoms with Gasteiger partial charge in [0.15, 0.2) is 0 Å². The minimum Gasteiger partial charge on any atom is -0.496 e. The van der Waals surface area contributed by atoms with Crippen molar-refractivity contribution < 1.29 is 9.47 Å². The van der Waals surface area contributed by atoms with Crippen LogP contribution < -0.4 is 0 Å². The van der Waals surface area contributed by atoms with Gasteiger partial charge in [0.1, 0.15) is 6.10 Å². The predicted octanol–water partition coefficient (Wildman–Crippen LogP) is 0.688. The fourth-order valence-electron chi connectivity index (χ4n) is 1.10. The zero-order valence-electron chi connectivity index (χ0n) is 4.54. The summed E-state index contributed by atoms with van der Waals surface area (Å²) in [6.45, 7) is 0.775. The third-order valence-corrected chi connectivity index (χ3v) is 1.56. The van der Waals surface area contributed by atoms with Crippen molar-refractivity contribution in [3.8, 4) is 0 Å². The summed E-state index contributed by atoms with van der Waals surface area (Å²) in [7, 11) is 0. The average Bonchev–Trinajstić information content (AvgIpc) is 2.12. The van der Waals surface area contributed by atoms with E-state index in [2.05, 4.69) is 0 Å². The van der Waals surface area contributed by atoms with Gasteiger partial charge < -0.3 is 9.47 Å². The zero-order chi connectivity index (χ0) is 5.40. The Labute approximate surface area is 48.1 Å². The Morgan fingerprint density at radius 3 is 3.25 bits per heavy atom. The second kappa shape index (κ2) is 1.49. The molecule has 2 heteroatoms. The molecule has 2 atom stereocenters. The van der Waals surface area contributed by atoms with Crippen molar-refractivity contribution in [3.05, 3.63) is 12.3 Å². The smallest absolute Gasteiger partial charge is 0.124 e. The zero-order valence-corrected chi connectivity index (χ0v) is 4.54. The van der Waals surface area contributed by atoms with Crippen LogP contribution in [0.25, 0.3) is 0 Å². The molecule has 2 heterocycles. The van der Waals surface area contributed by atoms with Crippen molar-refractivity contribution in [1.82, 2.24) is 0 Å². The summed E-state index contributed by atoms with van der Waals surface area (Å²) in [6, 6.07) is 0. The summed E-state index contributed by atoms with van der Waals surface area (Å²) in [5.74, 6) is 0. The molecule has 2 unspecified atom stereocenters. The normalized spacial score (nSPS) is 42.0. The van der Waals surface area contributed by atoms with Crippen molar-refractivity contribution in [2.24, 2.45) is 0 Å². The Bertz CT molecular complexity index is 120. The number of hydrogen-bond donors (Lipinski definition) is 0. The van der Waals surface area contributed by atoms with Gasteiger partial charge in [0, 0.05) is 6.42 Å². The van der Waals surface area contributed by atoms with Gasteiger partial charge in [0.05, 0.1) is 19.0 Å². The quantitative estimate of drug-likeness (QED) is 0.459. The highest BCUT2D eigenvalue weighted by atomic mass is 16.6. The maximum absolute atomic E-state index is 5.27. The summed E-state index contributed by atoms with van der Waals surface area (Å²) >= 11 is 0. The van der Waals surface area contributed by atoms with E-state index in [9.17, 15) is 0 Å². The Morgan fingerprint density at radius 1 is 1.50 bits per heavy atom. The highest BCUT2D eigenvalue weighted by molar-refractivity contribution is 4.95. The molecule has 0 aromatic rings. The molecule has 44 valence electrons. The van der Waals surface area contributed by atoms with Crippen LogP contribution in [0.5, 0.6) is 0 Å². The Kier molecular flexibility index (Phi) is 0.815. The topological polar surface area (TPSA) is 18.5 Å². The molecule has 0 aliphatic carbocycles. The third-order valence-electron chi connectivity index (χ3n) is 1.56. The molecule has 1 fully saturated rings. The van der Waals surface area contributed by atoms with Gasteiger partial charge >= 0.3 is 0 Å². The van der Waals surface area contributed by atoms with E-state index in [0.29, 0.717) is 12.2 Å². The van der Waals surface area contributed by atoms with Crippen LogP contribution in [-0.2, 0) is 9.47 Å². The van der Waals surface area contributed by atoms with E-state index in [1.54, 1.807) is 6.26 Å². The van der Waals surface area contributed by atoms with Crippen LogP contribution in [-0.4, -0.2) is 18.8 Å². The van der Waals surface area contributed by atoms with Crippen molar-refractivity contribution in [1.29, 1.82) is 0 Å². The molecule has 0 radical (unpaired) electrons. The first-order valence-electron chi connectivity index (χ1n) is 2.89. The summed E-state index contributed by atoms with van der Waals surface area (Å²) in [6.07, 6.45) is 5.46. The Morgan fingerprint density at radius 2 is 2.50 bits per heavy atom. The van der Waals surface area contributed by atoms with Crippen molar-refractivity contribution in [2.75, 3.05) is 6.61 Å². The molecule has 0 aromatic heterocycles. The molecule has 1 saturated heterocycles. The standard InChI is InChI=1S/C6H8O2/c1-2-7-6-3-5(1)8-4-6/h1-2,5-6H,3-4H2. The van der Waals surface area contributed by atoms with E-state index < -0.39 is 0 Å². The number of rotatable bonds is 0. The molecule has 0 N–H and O–H groups in total. The molecule has 0 aromatic carbocycles. The van der Waals surface area contributed by atoms with E-state index in [1.807, 2.05) is 6.08 Å². The van der Waals surface area contributed by atoms with Gasteiger partial charge in [-0.15, -0.1) is 0 Å². The minimum atomic E-state index is 0.352. The number of hydrogen-bond acceptors (Lipinski definition) is 2. The summed E-state index contributed by atoms with van der Waals surface area (Å²) in [5, 5.41) is 0. The monoisotopic (exact) mass is 112 g/mol. The lowest BCUT2D eigenvalue weighted by atomic mass is 10.2. The third kappa shape index (κ3) is 0.530. The Balaban J connectivity index is 2.17. The van der Waals surface area contributed by atoms with Crippen molar-refractivity contribution in [2.45, 2.75) is 18.6 Å². The van der Waals surface area contributed by atoms with E-state index in [0.717, 1.165) is 13.0 Å².